The number of aromatic hydroxyl groups is 1. The summed E-state index contributed by atoms with van der Waals surface area (Å²) >= 11 is 0. The smallest absolute Gasteiger partial charge is 0.243 e. The average molecular weight is 464 g/mol. The molecule has 1 saturated heterocycles. The van der Waals surface area contributed by atoms with Crippen LogP contribution in [0.3, 0.4) is 0 Å². The molecule has 1 aliphatic rings. The van der Waals surface area contributed by atoms with Crippen molar-refractivity contribution in [3.63, 3.8) is 0 Å². The Hall–Kier alpha value is -2.70. The van der Waals surface area contributed by atoms with Crippen molar-refractivity contribution >= 4 is 21.6 Å². The van der Waals surface area contributed by atoms with Crippen molar-refractivity contribution in [2.75, 3.05) is 31.3 Å². The molecule has 2 N–H and O–H groups in total. The number of hydrogen-bond acceptors (Lipinski definition) is 8. The van der Waals surface area contributed by atoms with Crippen LogP contribution in [0.4, 0.5) is 5.95 Å². The summed E-state index contributed by atoms with van der Waals surface area (Å²) in [4.78, 5) is 4.47. The molecule has 174 valence electrons. The Morgan fingerprint density at radius 2 is 2.19 bits per heavy atom. The Morgan fingerprint density at radius 1 is 1.41 bits per heavy atom. The fourth-order valence-corrected chi connectivity index (χ4v) is 4.95. The van der Waals surface area contributed by atoms with E-state index >= 15 is 0 Å². The third kappa shape index (κ3) is 4.43. The van der Waals surface area contributed by atoms with Gasteiger partial charge in [0.1, 0.15) is 6.23 Å². The van der Waals surface area contributed by atoms with Gasteiger partial charge >= 0.3 is 0 Å². The van der Waals surface area contributed by atoms with Crippen molar-refractivity contribution in [1.82, 2.24) is 28.7 Å². The summed E-state index contributed by atoms with van der Waals surface area (Å²) in [6.07, 6.45) is 6.91. The van der Waals surface area contributed by atoms with Crippen LogP contribution in [-0.2, 0) is 14.8 Å². The van der Waals surface area contributed by atoms with Gasteiger partial charge in [0.15, 0.2) is 11.4 Å². The minimum Gasteiger partial charge on any atom is -0.504 e. The van der Waals surface area contributed by atoms with E-state index in [-0.39, 0.29) is 23.9 Å². The van der Waals surface area contributed by atoms with E-state index in [0.29, 0.717) is 43.3 Å². The first kappa shape index (κ1) is 22.5. The largest absolute Gasteiger partial charge is 0.504 e. The van der Waals surface area contributed by atoms with Gasteiger partial charge in [-0.3, -0.25) is 0 Å². The second-order valence-corrected chi connectivity index (χ2v) is 10.2. The number of hydrogen-bond donors (Lipinski definition) is 2. The Bertz CT molecular complexity index is 1210. The molecule has 3 aromatic rings. The number of sulfonamides is 1. The van der Waals surface area contributed by atoms with Crippen LogP contribution in [0, 0.1) is 5.92 Å². The van der Waals surface area contributed by atoms with Gasteiger partial charge in [-0.05, 0) is 32.3 Å². The second-order valence-electron chi connectivity index (χ2n) is 8.18. The number of fused-ring (bicyclic) bond motifs is 1. The van der Waals surface area contributed by atoms with E-state index < -0.39 is 10.0 Å². The lowest BCUT2D eigenvalue weighted by Gasteiger charge is -2.35. The Morgan fingerprint density at radius 3 is 2.88 bits per heavy atom. The van der Waals surface area contributed by atoms with Gasteiger partial charge in [0.25, 0.3) is 0 Å². The average Bonchev–Trinajstić information content (AvgIpc) is 3.37. The van der Waals surface area contributed by atoms with E-state index in [1.807, 2.05) is 27.0 Å². The fraction of sp³-hybridized carbons (Fsp3) is 0.550. The molecule has 1 aliphatic heterocycles. The molecular weight excluding hydrogens is 434 g/mol. The summed E-state index contributed by atoms with van der Waals surface area (Å²) in [6.45, 7) is 7.31. The van der Waals surface area contributed by atoms with Crippen molar-refractivity contribution in [2.45, 2.75) is 39.5 Å². The number of nitrogens with zero attached hydrogens (tertiary/aromatic N) is 6. The van der Waals surface area contributed by atoms with Gasteiger partial charge in [0.2, 0.25) is 16.0 Å². The van der Waals surface area contributed by atoms with Crippen LogP contribution >= 0.6 is 0 Å². The van der Waals surface area contributed by atoms with Gasteiger partial charge in [0.05, 0.1) is 12.5 Å². The highest BCUT2D eigenvalue weighted by Crippen LogP contribution is 2.33. The van der Waals surface area contributed by atoms with Crippen LogP contribution in [0.5, 0.6) is 5.75 Å². The van der Waals surface area contributed by atoms with Crippen molar-refractivity contribution in [3.8, 4) is 16.9 Å². The number of nitrogens with one attached hydrogen (secondary N) is 1. The van der Waals surface area contributed by atoms with Gasteiger partial charge in [-0.25, -0.2) is 21.9 Å². The maximum Gasteiger partial charge on any atom is 0.243 e. The van der Waals surface area contributed by atoms with E-state index in [0.717, 1.165) is 5.56 Å². The molecule has 12 heteroatoms. The second kappa shape index (κ2) is 8.68. The van der Waals surface area contributed by atoms with E-state index in [9.17, 15) is 13.5 Å². The number of anilines is 1. The fourth-order valence-electron chi connectivity index (χ4n) is 4.01. The number of ether oxygens (including phenoxy) is 1. The molecule has 1 fully saturated rings. The maximum absolute atomic E-state index is 11.8. The summed E-state index contributed by atoms with van der Waals surface area (Å²) in [7, 11) is -3.20. The molecule has 11 nitrogen and oxygen atoms in total. The molecular formula is C20H29N7O4S. The summed E-state index contributed by atoms with van der Waals surface area (Å²) in [6, 6.07) is 1.80. The van der Waals surface area contributed by atoms with Gasteiger partial charge in [0, 0.05) is 49.3 Å². The van der Waals surface area contributed by atoms with E-state index in [2.05, 4.69) is 20.5 Å². The standard InChI is InChI=1S/C20H29N7O4S/c1-5-31-14(3)27-12-15(10-21-27)16-6-9-26-19(18(16)28)23-20(24-26)22-17-7-8-25(11-13(17)2)32(4,29)30/h6,9-10,12-14,17,28H,5,7-8,11H2,1-4H3,(H,22,24)/t13-,14?,17+/m1/s1. The molecule has 0 aromatic carbocycles. The Balaban J connectivity index is 1.54. The van der Waals surface area contributed by atoms with E-state index in [1.165, 1.54) is 15.1 Å². The number of piperidine rings is 1. The highest BCUT2D eigenvalue weighted by atomic mass is 32.2. The molecule has 0 radical (unpaired) electrons. The molecule has 0 aliphatic carbocycles. The zero-order valence-electron chi connectivity index (χ0n) is 18.6. The summed E-state index contributed by atoms with van der Waals surface area (Å²) in [5.74, 6) is 0.492. The molecule has 0 spiro atoms. The predicted octanol–water partition coefficient (Wildman–Crippen LogP) is 1.94. The highest BCUT2D eigenvalue weighted by molar-refractivity contribution is 7.88. The minimum atomic E-state index is -3.20. The van der Waals surface area contributed by atoms with Crippen molar-refractivity contribution in [3.05, 3.63) is 24.7 Å². The minimum absolute atomic E-state index is 0.0107. The van der Waals surface area contributed by atoms with Crippen LogP contribution in [0.25, 0.3) is 16.8 Å². The molecule has 0 saturated carbocycles. The van der Waals surface area contributed by atoms with Crippen molar-refractivity contribution < 1.29 is 18.3 Å². The molecule has 3 atom stereocenters. The van der Waals surface area contributed by atoms with E-state index in [1.54, 1.807) is 23.1 Å². The predicted molar refractivity (Wildman–Crippen MR) is 120 cm³/mol. The molecule has 1 unspecified atom stereocenters. The topological polar surface area (TPSA) is 127 Å². The third-order valence-corrected chi connectivity index (χ3v) is 7.09. The van der Waals surface area contributed by atoms with Gasteiger partial charge in [-0.15, -0.1) is 5.10 Å². The quantitative estimate of drug-likeness (QED) is 0.544. The lowest BCUT2D eigenvalue weighted by Crippen LogP contribution is -2.47. The lowest BCUT2D eigenvalue weighted by atomic mass is 9.95. The maximum atomic E-state index is 11.8. The Kier molecular flexibility index (Phi) is 6.10. The first-order valence-corrected chi connectivity index (χ1v) is 12.5. The van der Waals surface area contributed by atoms with Crippen LogP contribution in [0.1, 0.15) is 33.4 Å². The zero-order valence-corrected chi connectivity index (χ0v) is 19.4. The number of pyridine rings is 1. The van der Waals surface area contributed by atoms with Crippen LogP contribution in [0.15, 0.2) is 24.7 Å². The van der Waals surface area contributed by atoms with Crippen molar-refractivity contribution in [2.24, 2.45) is 5.92 Å². The molecule has 0 amide bonds. The number of aromatic nitrogens is 5. The summed E-state index contributed by atoms with van der Waals surface area (Å²) in [5.41, 5.74) is 1.67. The molecule has 32 heavy (non-hydrogen) atoms. The van der Waals surface area contributed by atoms with Crippen molar-refractivity contribution in [1.29, 1.82) is 0 Å². The molecule has 4 heterocycles. The summed E-state index contributed by atoms with van der Waals surface area (Å²) in [5, 5.41) is 22.9. The van der Waals surface area contributed by atoms with Gasteiger partial charge in [-0.2, -0.15) is 10.1 Å². The van der Waals surface area contributed by atoms with Crippen LogP contribution in [-0.4, -0.2) is 74.2 Å². The summed E-state index contributed by atoms with van der Waals surface area (Å²) < 4.78 is 33.9. The molecule has 3 aromatic heterocycles. The normalized spacial score (nSPS) is 21.1. The zero-order chi connectivity index (χ0) is 23.0. The van der Waals surface area contributed by atoms with Crippen LogP contribution < -0.4 is 5.32 Å². The monoisotopic (exact) mass is 463 g/mol. The molecule has 0 bridgehead atoms. The highest BCUT2D eigenvalue weighted by Gasteiger charge is 2.31. The third-order valence-electron chi connectivity index (χ3n) is 5.83. The van der Waals surface area contributed by atoms with Gasteiger partial charge in [-0.1, -0.05) is 6.92 Å². The lowest BCUT2D eigenvalue weighted by molar-refractivity contribution is 0.0160. The van der Waals surface area contributed by atoms with E-state index in [4.69, 9.17) is 4.74 Å². The van der Waals surface area contributed by atoms with Crippen LogP contribution in [0.2, 0.25) is 0 Å². The molecule has 4 rings (SSSR count). The van der Waals surface area contributed by atoms with Gasteiger partial charge < -0.3 is 15.2 Å². The SMILES string of the molecule is CCOC(C)n1cc(-c2ccn3nc(N[C@H]4CCN(S(C)(=O)=O)C[C@H]4C)nc3c2O)cn1. The number of rotatable bonds is 7. The first-order chi connectivity index (χ1) is 15.2. The first-order valence-electron chi connectivity index (χ1n) is 10.6. The Labute approximate surface area is 187 Å².